The first-order chi connectivity index (χ1) is 9.95. The molecule has 0 aromatic heterocycles. The topological polar surface area (TPSA) is 21.3 Å². The first-order valence-corrected chi connectivity index (χ1v) is 7.77. The van der Waals surface area contributed by atoms with Crippen LogP contribution < -0.4 is 10.1 Å². The maximum Gasteiger partial charge on any atom is 0.165 e. The smallest absolute Gasteiger partial charge is 0.165 e. The van der Waals surface area contributed by atoms with Crippen LogP contribution >= 0.6 is 27.5 Å². The van der Waals surface area contributed by atoms with E-state index >= 15 is 0 Å². The lowest BCUT2D eigenvalue weighted by Gasteiger charge is -2.12. The predicted molar refractivity (Wildman–Crippen MR) is 87.6 cm³/mol. The summed E-state index contributed by atoms with van der Waals surface area (Å²) in [6.07, 6.45) is 0. The molecule has 0 saturated carbocycles. The molecule has 0 heterocycles. The Labute approximate surface area is 137 Å². The Hall–Kier alpha value is -1.10. The number of hydrogen-bond donors (Lipinski definition) is 1. The molecule has 0 fully saturated rings. The molecule has 0 saturated heterocycles. The van der Waals surface area contributed by atoms with Gasteiger partial charge >= 0.3 is 0 Å². The van der Waals surface area contributed by atoms with E-state index in [4.69, 9.17) is 16.3 Å². The quantitative estimate of drug-likeness (QED) is 0.745. The summed E-state index contributed by atoms with van der Waals surface area (Å²) in [5.41, 5.74) is 0.979. The molecule has 2 aromatic carbocycles. The molecular formula is C16H16BrClFNO. The van der Waals surface area contributed by atoms with Crippen molar-refractivity contribution in [2.24, 2.45) is 0 Å². The van der Waals surface area contributed by atoms with Gasteiger partial charge in [-0.1, -0.05) is 47.4 Å². The summed E-state index contributed by atoms with van der Waals surface area (Å²) >= 11 is 9.52. The molecular weight excluding hydrogens is 357 g/mol. The molecule has 0 atom stereocenters. The van der Waals surface area contributed by atoms with E-state index in [1.165, 1.54) is 6.07 Å². The van der Waals surface area contributed by atoms with Crippen molar-refractivity contribution in [3.63, 3.8) is 0 Å². The zero-order valence-corrected chi connectivity index (χ0v) is 14.1. The average Bonchev–Trinajstić information content (AvgIpc) is 2.42. The van der Waals surface area contributed by atoms with E-state index in [0.29, 0.717) is 23.4 Å². The Balaban J connectivity index is 2.14. The summed E-state index contributed by atoms with van der Waals surface area (Å²) in [7, 11) is 0. The van der Waals surface area contributed by atoms with Crippen molar-refractivity contribution in [1.29, 1.82) is 0 Å². The summed E-state index contributed by atoms with van der Waals surface area (Å²) in [6.45, 7) is 4.82. The van der Waals surface area contributed by atoms with Crippen LogP contribution in [-0.2, 0) is 6.54 Å². The molecule has 0 amide bonds. The number of nitrogens with one attached hydrogen (secondary N) is 1. The van der Waals surface area contributed by atoms with Gasteiger partial charge in [0.05, 0.1) is 0 Å². The van der Waals surface area contributed by atoms with Crippen LogP contribution in [0.4, 0.5) is 4.39 Å². The highest BCUT2D eigenvalue weighted by Crippen LogP contribution is 2.30. The van der Waals surface area contributed by atoms with E-state index in [2.05, 4.69) is 35.1 Å². The second kappa shape index (κ2) is 7.25. The van der Waals surface area contributed by atoms with E-state index in [0.717, 1.165) is 10.0 Å². The first kappa shape index (κ1) is 16.3. The minimum absolute atomic E-state index is 0.161. The van der Waals surface area contributed by atoms with Gasteiger partial charge in [-0.3, -0.25) is 0 Å². The van der Waals surface area contributed by atoms with E-state index in [1.54, 1.807) is 24.3 Å². The lowest BCUT2D eigenvalue weighted by molar-refractivity contribution is 0.441. The van der Waals surface area contributed by atoms with Gasteiger partial charge in [-0.05, 0) is 35.9 Å². The summed E-state index contributed by atoms with van der Waals surface area (Å²) in [4.78, 5) is 0. The SMILES string of the molecule is CC(C)NCc1ccc(Oc2cc(Br)ccc2F)cc1Cl. The summed E-state index contributed by atoms with van der Waals surface area (Å²) in [6, 6.07) is 10.3. The van der Waals surface area contributed by atoms with Crippen molar-refractivity contribution in [2.45, 2.75) is 26.4 Å². The predicted octanol–water partition coefficient (Wildman–Crippen LogP) is 5.53. The van der Waals surface area contributed by atoms with Gasteiger partial charge < -0.3 is 10.1 Å². The Morgan fingerprint density at radius 1 is 1.24 bits per heavy atom. The van der Waals surface area contributed by atoms with Crippen LogP contribution in [0.3, 0.4) is 0 Å². The molecule has 1 N–H and O–H groups in total. The molecule has 0 spiro atoms. The Morgan fingerprint density at radius 2 is 2.00 bits per heavy atom. The van der Waals surface area contributed by atoms with Gasteiger partial charge in [0.15, 0.2) is 11.6 Å². The fourth-order valence-electron chi connectivity index (χ4n) is 1.73. The number of hydrogen-bond acceptors (Lipinski definition) is 2. The molecule has 0 aliphatic carbocycles. The van der Waals surface area contributed by atoms with Crippen molar-refractivity contribution < 1.29 is 9.13 Å². The third-order valence-electron chi connectivity index (χ3n) is 2.85. The lowest BCUT2D eigenvalue weighted by atomic mass is 10.2. The summed E-state index contributed by atoms with van der Waals surface area (Å²) in [5.74, 6) is 0.249. The fourth-order valence-corrected chi connectivity index (χ4v) is 2.31. The third-order valence-corrected chi connectivity index (χ3v) is 3.69. The van der Waals surface area contributed by atoms with Crippen molar-refractivity contribution in [2.75, 3.05) is 0 Å². The van der Waals surface area contributed by atoms with E-state index in [1.807, 2.05) is 6.07 Å². The van der Waals surface area contributed by atoms with Crippen LogP contribution in [0.2, 0.25) is 5.02 Å². The monoisotopic (exact) mass is 371 g/mol. The lowest BCUT2D eigenvalue weighted by Crippen LogP contribution is -2.21. The van der Waals surface area contributed by atoms with Crippen LogP contribution in [0, 0.1) is 5.82 Å². The van der Waals surface area contributed by atoms with Gasteiger partial charge in [0.25, 0.3) is 0 Å². The van der Waals surface area contributed by atoms with Gasteiger partial charge in [0.2, 0.25) is 0 Å². The molecule has 2 aromatic rings. The van der Waals surface area contributed by atoms with Crippen LogP contribution in [-0.4, -0.2) is 6.04 Å². The van der Waals surface area contributed by atoms with Gasteiger partial charge in [-0.2, -0.15) is 0 Å². The summed E-state index contributed by atoms with van der Waals surface area (Å²) in [5, 5.41) is 3.89. The molecule has 0 radical (unpaired) electrons. The molecule has 2 nitrogen and oxygen atoms in total. The fraction of sp³-hybridized carbons (Fsp3) is 0.250. The van der Waals surface area contributed by atoms with E-state index < -0.39 is 5.82 Å². The third kappa shape index (κ3) is 4.70. The van der Waals surface area contributed by atoms with Crippen molar-refractivity contribution in [1.82, 2.24) is 5.32 Å². The Morgan fingerprint density at radius 3 is 2.67 bits per heavy atom. The minimum atomic E-state index is -0.417. The van der Waals surface area contributed by atoms with Gasteiger partial charge in [0.1, 0.15) is 5.75 Å². The molecule has 2 rings (SSSR count). The second-order valence-electron chi connectivity index (χ2n) is 4.97. The average molecular weight is 373 g/mol. The van der Waals surface area contributed by atoms with Gasteiger partial charge in [-0.25, -0.2) is 4.39 Å². The van der Waals surface area contributed by atoms with Crippen LogP contribution in [0.5, 0.6) is 11.5 Å². The second-order valence-corrected chi connectivity index (χ2v) is 6.29. The molecule has 5 heteroatoms. The van der Waals surface area contributed by atoms with Gasteiger partial charge in [-0.15, -0.1) is 0 Å². The molecule has 0 aliphatic heterocycles. The van der Waals surface area contributed by atoms with E-state index in [9.17, 15) is 4.39 Å². The Bertz CT molecular complexity index is 634. The molecule has 112 valence electrons. The van der Waals surface area contributed by atoms with Gasteiger partial charge in [0, 0.05) is 22.1 Å². The number of halogens is 3. The van der Waals surface area contributed by atoms with Crippen LogP contribution in [0.15, 0.2) is 40.9 Å². The maximum atomic E-state index is 13.7. The van der Waals surface area contributed by atoms with Crippen molar-refractivity contribution in [3.8, 4) is 11.5 Å². The van der Waals surface area contributed by atoms with E-state index in [-0.39, 0.29) is 5.75 Å². The van der Waals surface area contributed by atoms with Crippen LogP contribution in [0.25, 0.3) is 0 Å². The zero-order chi connectivity index (χ0) is 15.4. The van der Waals surface area contributed by atoms with Crippen molar-refractivity contribution in [3.05, 3.63) is 57.3 Å². The molecule has 0 bridgehead atoms. The number of benzene rings is 2. The minimum Gasteiger partial charge on any atom is -0.454 e. The Kier molecular flexibility index (Phi) is 5.62. The molecule has 0 aliphatic rings. The standard InChI is InChI=1S/C16H16BrClFNO/c1-10(2)20-9-11-3-5-13(8-14(11)18)21-16-7-12(17)4-6-15(16)19/h3-8,10,20H,9H2,1-2H3. The van der Waals surface area contributed by atoms with Crippen molar-refractivity contribution >= 4 is 27.5 Å². The highest BCUT2D eigenvalue weighted by molar-refractivity contribution is 9.10. The molecule has 0 unspecified atom stereocenters. The zero-order valence-electron chi connectivity index (χ0n) is 11.8. The highest BCUT2D eigenvalue weighted by Gasteiger charge is 2.08. The molecule has 21 heavy (non-hydrogen) atoms. The number of rotatable bonds is 5. The van der Waals surface area contributed by atoms with Crippen LogP contribution in [0.1, 0.15) is 19.4 Å². The highest BCUT2D eigenvalue weighted by atomic mass is 79.9. The summed E-state index contributed by atoms with van der Waals surface area (Å²) < 4.78 is 19.9. The maximum absolute atomic E-state index is 13.7. The largest absolute Gasteiger partial charge is 0.454 e. The first-order valence-electron chi connectivity index (χ1n) is 6.60. The number of ether oxygens (including phenoxy) is 1. The normalized spacial score (nSPS) is 11.0.